The van der Waals surface area contributed by atoms with E-state index < -0.39 is 51.2 Å². The molecule has 9 atom stereocenters. The Kier molecular flexibility index (Phi) is 13.9. The lowest BCUT2D eigenvalue weighted by Crippen LogP contribution is -2.50. The molecule has 5 aromatic heterocycles. The summed E-state index contributed by atoms with van der Waals surface area (Å²) in [5.74, 6) is -0.0268. The van der Waals surface area contributed by atoms with E-state index in [4.69, 9.17) is 76.7 Å². The highest BCUT2D eigenvalue weighted by molar-refractivity contribution is 8.07. The minimum Gasteiger partial charge on any atom is -0.476 e. The monoisotopic (exact) mass is 1050 g/mol. The number of nitriles is 1. The van der Waals surface area contributed by atoms with Crippen molar-refractivity contribution in [1.82, 2.24) is 43.4 Å². The lowest BCUT2D eigenvalue weighted by atomic mass is 9.70. The molecule has 2 bridgehead atoms. The maximum Gasteiger partial charge on any atom is 0.327 e. The summed E-state index contributed by atoms with van der Waals surface area (Å²) in [6, 6.07) is 8.13. The molecule has 3 fully saturated rings. The fraction of sp³-hybridized carbons (Fsp3) is 0.525. The van der Waals surface area contributed by atoms with Gasteiger partial charge < -0.3 is 41.5 Å². The number of aromatic nitrogens is 9. The van der Waals surface area contributed by atoms with Gasteiger partial charge in [-0.1, -0.05) is 44.5 Å². The number of nitrogens with zero attached hydrogens (tertiary/aromatic N) is 11. The Morgan fingerprint density at radius 3 is 2.53 bits per heavy atom. The van der Waals surface area contributed by atoms with Crippen LogP contribution in [0.2, 0.25) is 23.3 Å². The Bertz CT molecular complexity index is 2990. The molecule has 9 rings (SSSR count). The largest absolute Gasteiger partial charge is 0.476 e. The number of nitro groups is 1. The number of rotatable bonds is 12. The average Bonchev–Trinajstić information content (AvgIpc) is 4.09. The number of nitro benzene ring substituents is 1. The molecule has 7 heterocycles. The van der Waals surface area contributed by atoms with Gasteiger partial charge in [-0.3, -0.25) is 23.6 Å². The van der Waals surface area contributed by atoms with Crippen molar-refractivity contribution in [3.05, 3.63) is 76.5 Å². The third-order valence-electron chi connectivity index (χ3n) is 12.9. The van der Waals surface area contributed by atoms with Crippen molar-refractivity contribution in [3.63, 3.8) is 0 Å². The molecule has 2 saturated heterocycles. The summed E-state index contributed by atoms with van der Waals surface area (Å²) in [6.07, 6.45) is 4.89. The summed E-state index contributed by atoms with van der Waals surface area (Å²) in [5, 5.41) is 20.7. The molecular weight excluding hydrogens is 1000 g/mol. The van der Waals surface area contributed by atoms with Gasteiger partial charge in [-0.2, -0.15) is 10.2 Å². The molecule has 1 aromatic carbocycles. The van der Waals surface area contributed by atoms with Gasteiger partial charge in [-0.05, 0) is 59.6 Å². The van der Waals surface area contributed by atoms with E-state index in [0.717, 1.165) is 5.56 Å². The SMILES string of the molecule is CC(C)(C)[Si](C)(C)O[C@H]1[C@H]2OP(=S)(OCCC#N)OC[C@H]3C[C@@H](n4cnc5c(Cl)ncnc54)[C@@H]3COP(O)(=S)OC[C@H]1O[C@H]2n1cnc2c(OCCc3ccc([N+](=O)[O-])cc3)nc3nccn3c21. The standard InChI is InChI=1S/C40H48ClN11O11P2S2Si/c1-40(2,3)68(4,5)63-32-29-20-59-64(55,66)58-19-27-25(17-28(27)50-22-46-30-34(41)44-21-45-35(30)50)18-60-65(67,57-15-6-12-42)62-33(32)38(61-29)51-23-47-31-36(48-39-43-13-14-49(39)37(31)51)56-16-11-24-7-9-26(10-8-24)52(53)54/h7-10,13-14,21-23,25,27-29,32-33,38H,6,11,15-20H2,1-5H3,(H,55,66)/t25-,27-,28-,29-,32-,33-,38-,64?,65?/m1/s1. The summed E-state index contributed by atoms with van der Waals surface area (Å²) in [4.78, 5) is 49.3. The van der Waals surface area contributed by atoms with Crippen molar-refractivity contribution in [2.75, 3.05) is 33.0 Å². The van der Waals surface area contributed by atoms with Crippen LogP contribution in [0.15, 0.2) is 55.6 Å². The first-order valence-corrected chi connectivity index (χ1v) is 30.1. The first-order chi connectivity index (χ1) is 32.4. The quantitative estimate of drug-likeness (QED) is 0.0313. The van der Waals surface area contributed by atoms with E-state index in [1.54, 1.807) is 46.1 Å². The normalized spacial score (nSPS) is 28.2. The number of imidazole rings is 3. The van der Waals surface area contributed by atoms with Crippen molar-refractivity contribution < 1.29 is 46.3 Å². The van der Waals surface area contributed by atoms with Gasteiger partial charge >= 0.3 is 13.4 Å². The van der Waals surface area contributed by atoms with E-state index in [1.165, 1.54) is 18.5 Å². The van der Waals surface area contributed by atoms with E-state index in [1.807, 2.05) is 4.57 Å². The zero-order valence-corrected chi connectivity index (χ0v) is 42.6. The maximum absolute atomic E-state index is 11.7. The second-order valence-corrected chi connectivity index (χ2v) is 29.0. The zero-order chi connectivity index (χ0) is 48.2. The molecular formula is C40H48ClN11O11P2S2Si. The molecule has 0 spiro atoms. The van der Waals surface area contributed by atoms with Crippen molar-refractivity contribution in [3.8, 4) is 11.9 Å². The summed E-state index contributed by atoms with van der Waals surface area (Å²) >= 11 is 18.3. The van der Waals surface area contributed by atoms with Crippen LogP contribution >= 0.6 is 25.0 Å². The van der Waals surface area contributed by atoms with Crippen molar-refractivity contribution in [2.24, 2.45) is 11.8 Å². The molecule has 2 unspecified atom stereocenters. The van der Waals surface area contributed by atoms with Crippen molar-refractivity contribution >= 4 is 90.8 Å². The Balaban J connectivity index is 1.09. The second-order valence-electron chi connectivity index (χ2n) is 18.1. The minimum atomic E-state index is -3.93. The van der Waals surface area contributed by atoms with Crippen molar-refractivity contribution in [2.45, 2.75) is 88.7 Å². The Morgan fingerprint density at radius 2 is 1.78 bits per heavy atom. The fourth-order valence-corrected chi connectivity index (χ4v) is 13.0. The van der Waals surface area contributed by atoms with Crippen LogP contribution in [0.1, 0.15) is 51.4 Å². The molecule has 1 aliphatic carbocycles. The molecule has 68 heavy (non-hydrogen) atoms. The van der Waals surface area contributed by atoms with Gasteiger partial charge in [-0.25, -0.2) is 24.9 Å². The van der Waals surface area contributed by atoms with Gasteiger partial charge in [0.15, 0.2) is 36.5 Å². The number of halogens is 1. The lowest BCUT2D eigenvalue weighted by Gasteiger charge is -2.46. The van der Waals surface area contributed by atoms with Crippen molar-refractivity contribution in [1.29, 1.82) is 5.26 Å². The van der Waals surface area contributed by atoms with Gasteiger partial charge in [-0.15, -0.1) is 0 Å². The second kappa shape index (κ2) is 19.3. The number of benzene rings is 1. The van der Waals surface area contributed by atoms with Gasteiger partial charge in [0.25, 0.3) is 5.69 Å². The third kappa shape index (κ3) is 9.87. The highest BCUT2D eigenvalue weighted by atomic mass is 35.5. The summed E-state index contributed by atoms with van der Waals surface area (Å²) in [5.41, 5.74) is 2.62. The minimum absolute atomic E-state index is 0.0111. The van der Waals surface area contributed by atoms with Crippen LogP contribution in [0.3, 0.4) is 0 Å². The Hall–Kier alpha value is -3.96. The van der Waals surface area contributed by atoms with Crippen LogP contribution in [0, 0.1) is 33.3 Å². The summed E-state index contributed by atoms with van der Waals surface area (Å²) < 4.78 is 58.0. The molecule has 2 aliphatic heterocycles. The van der Waals surface area contributed by atoms with Crippen LogP contribution in [-0.4, -0.2) is 113 Å². The van der Waals surface area contributed by atoms with E-state index >= 15 is 0 Å². The zero-order valence-electron chi connectivity index (χ0n) is 37.4. The van der Waals surface area contributed by atoms with Crippen LogP contribution in [0.5, 0.6) is 5.88 Å². The van der Waals surface area contributed by atoms with E-state index in [9.17, 15) is 20.3 Å². The highest BCUT2D eigenvalue weighted by Gasteiger charge is 2.55. The molecule has 1 saturated carbocycles. The maximum atomic E-state index is 11.7. The van der Waals surface area contributed by atoms with Crippen LogP contribution in [0.4, 0.5) is 5.69 Å². The first kappa shape index (κ1) is 49.0. The number of hydrogen-bond acceptors (Lipinski definition) is 19. The van der Waals surface area contributed by atoms with Crippen LogP contribution in [0.25, 0.3) is 28.1 Å². The first-order valence-electron chi connectivity index (χ1n) is 21.6. The summed E-state index contributed by atoms with van der Waals surface area (Å²) in [6.45, 7) is 2.64. The van der Waals surface area contributed by atoms with E-state index in [-0.39, 0.29) is 79.1 Å². The lowest BCUT2D eigenvalue weighted by molar-refractivity contribution is -0.384. The molecule has 28 heteroatoms. The predicted octanol–water partition coefficient (Wildman–Crippen LogP) is 7.39. The molecule has 6 aromatic rings. The molecule has 1 N–H and O–H groups in total. The smallest absolute Gasteiger partial charge is 0.327 e. The third-order valence-corrected chi connectivity index (χ3v) is 21.6. The van der Waals surface area contributed by atoms with E-state index in [2.05, 4.69) is 64.9 Å². The van der Waals surface area contributed by atoms with Gasteiger partial charge in [0.1, 0.15) is 30.2 Å². The van der Waals surface area contributed by atoms with Gasteiger partial charge in [0, 0.05) is 42.9 Å². The fourth-order valence-electron chi connectivity index (χ4n) is 8.23. The molecule has 0 radical (unpaired) electrons. The number of hydrogen-bond donors (Lipinski definition) is 1. The number of non-ortho nitro benzene ring substituents is 1. The highest BCUT2D eigenvalue weighted by Crippen LogP contribution is 2.59. The van der Waals surface area contributed by atoms with Crippen LogP contribution in [-0.2, 0) is 61.8 Å². The van der Waals surface area contributed by atoms with Crippen LogP contribution < -0.4 is 4.74 Å². The Labute approximate surface area is 406 Å². The molecule has 0 amide bonds. The topological polar surface area (TPSA) is 253 Å². The number of ether oxygens (including phenoxy) is 2. The Morgan fingerprint density at radius 1 is 1.03 bits per heavy atom. The number of fused-ring (bicyclic) bond motifs is 7. The predicted molar refractivity (Wildman–Crippen MR) is 255 cm³/mol. The molecule has 362 valence electrons. The summed E-state index contributed by atoms with van der Waals surface area (Å²) in [7, 11) is -2.69. The molecule has 3 aliphatic rings. The molecule has 22 nitrogen and oxygen atoms in total. The van der Waals surface area contributed by atoms with Gasteiger partial charge in [0.05, 0.1) is 63.1 Å². The van der Waals surface area contributed by atoms with Gasteiger partial charge in [0.2, 0.25) is 11.7 Å². The average molecular weight is 1050 g/mol. The van der Waals surface area contributed by atoms with E-state index in [0.29, 0.717) is 40.9 Å².